The van der Waals surface area contributed by atoms with E-state index in [1.54, 1.807) is 0 Å². The molecule has 84 valence electrons. The summed E-state index contributed by atoms with van der Waals surface area (Å²) in [4.78, 5) is 28.8. The molecule has 3 N–H and O–H groups in total. The van der Waals surface area contributed by atoms with Gasteiger partial charge in [-0.1, -0.05) is 0 Å². The molecule has 0 aromatic carbocycles. The quantitative estimate of drug-likeness (QED) is 0.436. The topological polar surface area (TPSA) is 98.1 Å². The summed E-state index contributed by atoms with van der Waals surface area (Å²) in [6, 6.07) is 0. The van der Waals surface area contributed by atoms with Crippen LogP contribution < -0.4 is 0 Å². The number of carboxylic acid groups (broad SMARTS) is 1. The first kappa shape index (κ1) is 13.9. The van der Waals surface area contributed by atoms with E-state index in [1.165, 1.54) is 4.90 Å². The Balaban J connectivity index is 4.10. The minimum atomic E-state index is -4.20. The van der Waals surface area contributed by atoms with Crippen molar-refractivity contribution in [1.29, 1.82) is 0 Å². The molecule has 0 amide bonds. The maximum atomic E-state index is 10.6. The van der Waals surface area contributed by atoms with Gasteiger partial charge in [0.15, 0.2) is 0 Å². The highest BCUT2D eigenvalue weighted by Crippen LogP contribution is 2.34. The average molecular weight is 246 g/mol. The van der Waals surface area contributed by atoms with Crippen LogP contribution in [0.4, 0.5) is 0 Å². The Labute approximate surface area is 86.6 Å². The lowest BCUT2D eigenvalue weighted by atomic mass is 10.4. The summed E-state index contributed by atoms with van der Waals surface area (Å²) in [6.45, 7) is -0.122. The van der Waals surface area contributed by atoms with Crippen LogP contribution in [0, 0.1) is 0 Å². The summed E-state index contributed by atoms with van der Waals surface area (Å²) in [5.74, 6) is -0.787. The molecule has 0 aliphatic heterocycles. The standard InChI is InChI=1S/C6H13ClNO5P/c7-2-1-3-8(4-6(9)10)5-14(11,12)13/h1-5H2,(H,9,10)(H2,11,12,13). The monoisotopic (exact) mass is 245 g/mol. The van der Waals surface area contributed by atoms with E-state index in [9.17, 15) is 9.36 Å². The number of hydrogen-bond donors (Lipinski definition) is 3. The maximum absolute atomic E-state index is 10.6. The number of carboxylic acids is 1. The van der Waals surface area contributed by atoms with Crippen LogP contribution >= 0.6 is 19.2 Å². The van der Waals surface area contributed by atoms with Crippen molar-refractivity contribution >= 4 is 25.2 Å². The molecule has 0 spiro atoms. The van der Waals surface area contributed by atoms with E-state index in [4.69, 9.17) is 26.5 Å². The molecule has 8 heteroatoms. The van der Waals surface area contributed by atoms with Gasteiger partial charge in [0.1, 0.15) is 6.29 Å². The first-order chi connectivity index (χ1) is 6.35. The molecule has 0 bridgehead atoms. The number of alkyl halides is 1. The molecule has 0 radical (unpaired) electrons. The maximum Gasteiger partial charge on any atom is 0.339 e. The van der Waals surface area contributed by atoms with Gasteiger partial charge in [-0.2, -0.15) is 0 Å². The van der Waals surface area contributed by atoms with Gasteiger partial charge in [-0.25, -0.2) is 0 Å². The molecule has 0 rings (SSSR count). The van der Waals surface area contributed by atoms with Gasteiger partial charge in [0.05, 0.1) is 6.54 Å². The highest BCUT2D eigenvalue weighted by atomic mass is 35.5. The van der Waals surface area contributed by atoms with Crippen LogP contribution in [0.1, 0.15) is 6.42 Å². The van der Waals surface area contributed by atoms with Gasteiger partial charge in [0.2, 0.25) is 0 Å². The number of rotatable bonds is 7. The number of aliphatic carboxylic acids is 1. The lowest BCUT2D eigenvalue weighted by Gasteiger charge is -2.19. The zero-order chi connectivity index (χ0) is 11.2. The zero-order valence-corrected chi connectivity index (χ0v) is 9.12. The molecule has 14 heavy (non-hydrogen) atoms. The minimum Gasteiger partial charge on any atom is -0.480 e. The molecule has 0 saturated carbocycles. The molecule has 0 saturated heterocycles. The van der Waals surface area contributed by atoms with Crippen LogP contribution in [-0.2, 0) is 9.36 Å². The SMILES string of the molecule is O=C(O)CN(CCCCl)CP(=O)(O)O. The summed E-state index contributed by atoms with van der Waals surface area (Å²) >= 11 is 5.39. The molecular formula is C6H13ClNO5P. The van der Waals surface area contributed by atoms with Gasteiger partial charge in [0, 0.05) is 12.4 Å². The van der Waals surface area contributed by atoms with Crippen LogP contribution in [0.15, 0.2) is 0 Å². The van der Waals surface area contributed by atoms with E-state index in [1.807, 2.05) is 0 Å². The average Bonchev–Trinajstić information content (AvgIpc) is 1.96. The van der Waals surface area contributed by atoms with Crippen LogP contribution in [-0.4, -0.2) is 51.0 Å². The summed E-state index contributed by atoms with van der Waals surface area (Å²) in [5, 5.41) is 8.45. The molecule has 0 heterocycles. The fraction of sp³-hybridized carbons (Fsp3) is 0.833. The van der Waals surface area contributed by atoms with Gasteiger partial charge < -0.3 is 14.9 Å². The van der Waals surface area contributed by atoms with E-state index in [0.717, 1.165) is 0 Å². The molecular weight excluding hydrogens is 232 g/mol. The first-order valence-electron chi connectivity index (χ1n) is 3.90. The number of carbonyl (C=O) groups is 1. The highest BCUT2D eigenvalue weighted by molar-refractivity contribution is 7.51. The third-order valence-electron chi connectivity index (χ3n) is 1.35. The van der Waals surface area contributed by atoms with Crippen LogP contribution in [0.3, 0.4) is 0 Å². The van der Waals surface area contributed by atoms with E-state index >= 15 is 0 Å². The predicted octanol–water partition coefficient (Wildman–Crippen LogP) is 0.137. The van der Waals surface area contributed by atoms with Gasteiger partial charge >= 0.3 is 13.6 Å². The molecule has 0 aromatic rings. The lowest BCUT2D eigenvalue weighted by molar-refractivity contribution is -0.138. The van der Waals surface area contributed by atoms with Crippen molar-refractivity contribution in [2.24, 2.45) is 0 Å². The third-order valence-corrected chi connectivity index (χ3v) is 2.39. The van der Waals surface area contributed by atoms with Crippen molar-refractivity contribution in [3.8, 4) is 0 Å². The molecule has 0 unspecified atom stereocenters. The fourth-order valence-corrected chi connectivity index (χ4v) is 1.82. The Morgan fingerprint density at radius 3 is 2.36 bits per heavy atom. The summed E-state index contributed by atoms with van der Waals surface area (Å²) in [5.41, 5.74) is 0. The second-order valence-electron chi connectivity index (χ2n) is 2.79. The Bertz CT molecular complexity index is 230. The Morgan fingerprint density at radius 1 is 1.43 bits per heavy atom. The molecule has 0 fully saturated rings. The van der Waals surface area contributed by atoms with E-state index in [-0.39, 0.29) is 13.1 Å². The predicted molar refractivity (Wildman–Crippen MR) is 51.5 cm³/mol. The second-order valence-corrected chi connectivity index (χ2v) is 4.79. The van der Waals surface area contributed by atoms with Gasteiger partial charge in [-0.3, -0.25) is 14.3 Å². The minimum absolute atomic E-state index is 0.265. The molecule has 0 aliphatic rings. The van der Waals surface area contributed by atoms with Crippen molar-refractivity contribution < 1.29 is 24.3 Å². The summed E-state index contributed by atoms with van der Waals surface area (Å²) < 4.78 is 10.6. The fourth-order valence-electron chi connectivity index (χ4n) is 0.935. The van der Waals surface area contributed by atoms with Gasteiger partial charge in [-0.15, -0.1) is 11.6 Å². The zero-order valence-electron chi connectivity index (χ0n) is 7.47. The number of hydrogen-bond acceptors (Lipinski definition) is 3. The Kier molecular flexibility index (Phi) is 6.31. The van der Waals surface area contributed by atoms with Crippen molar-refractivity contribution in [2.45, 2.75) is 6.42 Å². The van der Waals surface area contributed by atoms with Gasteiger partial charge in [-0.05, 0) is 6.42 Å². The van der Waals surface area contributed by atoms with Crippen LogP contribution in [0.2, 0.25) is 0 Å². The molecule has 0 aromatic heterocycles. The highest BCUT2D eigenvalue weighted by Gasteiger charge is 2.20. The summed E-state index contributed by atoms with van der Waals surface area (Å²) in [6.07, 6.45) is -0.0506. The van der Waals surface area contributed by atoms with E-state index < -0.39 is 19.9 Å². The summed E-state index contributed by atoms with van der Waals surface area (Å²) in [7, 11) is -4.20. The van der Waals surface area contributed by atoms with Crippen molar-refractivity contribution in [3.63, 3.8) is 0 Å². The lowest BCUT2D eigenvalue weighted by Crippen LogP contribution is -2.31. The molecule has 0 aliphatic carbocycles. The first-order valence-corrected chi connectivity index (χ1v) is 6.23. The van der Waals surface area contributed by atoms with Crippen molar-refractivity contribution in [1.82, 2.24) is 4.90 Å². The van der Waals surface area contributed by atoms with Crippen molar-refractivity contribution in [3.05, 3.63) is 0 Å². The Hall–Kier alpha value is -0.130. The number of nitrogens with zero attached hydrogens (tertiary/aromatic N) is 1. The largest absolute Gasteiger partial charge is 0.480 e. The van der Waals surface area contributed by atoms with E-state index in [0.29, 0.717) is 12.3 Å². The van der Waals surface area contributed by atoms with Crippen molar-refractivity contribution in [2.75, 3.05) is 25.3 Å². The molecule has 0 atom stereocenters. The number of halogens is 1. The van der Waals surface area contributed by atoms with Gasteiger partial charge in [0.25, 0.3) is 0 Å². The molecule has 6 nitrogen and oxygen atoms in total. The van der Waals surface area contributed by atoms with Crippen LogP contribution in [0.25, 0.3) is 0 Å². The third kappa shape index (κ3) is 8.47. The Morgan fingerprint density at radius 2 is 2.00 bits per heavy atom. The van der Waals surface area contributed by atoms with Crippen LogP contribution in [0.5, 0.6) is 0 Å². The normalized spacial score (nSPS) is 12.0. The smallest absolute Gasteiger partial charge is 0.339 e. The second kappa shape index (κ2) is 6.37. The van der Waals surface area contributed by atoms with E-state index in [2.05, 4.69) is 0 Å².